The van der Waals surface area contributed by atoms with Crippen LogP contribution in [0.4, 0.5) is 5.69 Å². The van der Waals surface area contributed by atoms with Gasteiger partial charge in [0.05, 0.1) is 5.56 Å². The zero-order valence-corrected chi connectivity index (χ0v) is 12.8. The van der Waals surface area contributed by atoms with E-state index in [2.05, 4.69) is 15.5 Å². The highest BCUT2D eigenvalue weighted by Gasteiger charge is 2.13. The summed E-state index contributed by atoms with van der Waals surface area (Å²) in [4.78, 5) is 12.6. The van der Waals surface area contributed by atoms with E-state index in [-0.39, 0.29) is 5.91 Å². The number of carbonyl (C=O) groups excluding carboxylic acids is 1. The molecule has 4 aromatic rings. The Hall–Kier alpha value is -3.41. The molecule has 118 valence electrons. The molecule has 0 aliphatic heterocycles. The van der Waals surface area contributed by atoms with Gasteiger partial charge in [-0.05, 0) is 49.4 Å². The number of fused-ring (bicyclic) bond motifs is 1. The lowest BCUT2D eigenvalue weighted by Gasteiger charge is -2.06. The topological polar surface area (TPSA) is 81.2 Å². The number of furan rings is 1. The number of aryl methyl sites for hydroxylation is 1. The summed E-state index contributed by atoms with van der Waals surface area (Å²) in [5, 5.41) is 11.2. The van der Waals surface area contributed by atoms with Gasteiger partial charge in [0.25, 0.3) is 5.91 Å². The van der Waals surface area contributed by atoms with Gasteiger partial charge in [0.1, 0.15) is 11.3 Å². The lowest BCUT2D eigenvalue weighted by molar-refractivity contribution is 0.102. The number of hydrogen-bond donors (Lipinski definition) is 1. The van der Waals surface area contributed by atoms with Gasteiger partial charge in [0.15, 0.2) is 0 Å². The Morgan fingerprint density at radius 2 is 1.96 bits per heavy atom. The summed E-state index contributed by atoms with van der Waals surface area (Å²) >= 11 is 0. The number of carbonyl (C=O) groups is 1. The molecule has 0 aliphatic carbocycles. The first-order valence-electron chi connectivity index (χ1n) is 7.38. The monoisotopic (exact) mass is 319 g/mol. The van der Waals surface area contributed by atoms with Crippen molar-refractivity contribution in [1.29, 1.82) is 0 Å². The van der Waals surface area contributed by atoms with Crippen molar-refractivity contribution in [3.63, 3.8) is 0 Å². The van der Waals surface area contributed by atoms with Crippen LogP contribution in [-0.4, -0.2) is 16.1 Å². The number of hydrogen-bond acceptors (Lipinski definition) is 5. The molecule has 24 heavy (non-hydrogen) atoms. The zero-order chi connectivity index (χ0) is 16.5. The summed E-state index contributed by atoms with van der Waals surface area (Å²) in [5.74, 6) is 1.02. The van der Waals surface area contributed by atoms with Crippen molar-refractivity contribution in [2.24, 2.45) is 0 Å². The predicted molar refractivity (Wildman–Crippen MR) is 88.6 cm³/mol. The molecule has 0 radical (unpaired) electrons. The highest BCUT2D eigenvalue weighted by molar-refractivity contribution is 6.12. The molecule has 0 unspecified atom stereocenters. The summed E-state index contributed by atoms with van der Waals surface area (Å²) in [7, 11) is 0. The standard InChI is InChI=1S/C18H13N3O3/c1-11-9-15-14(3-2-4-16(15)24-11)17(22)20-13-7-5-12(6-8-13)18-21-19-10-23-18/h2-10H,1H3,(H,20,22). The quantitative estimate of drug-likeness (QED) is 0.616. The molecule has 0 saturated heterocycles. The van der Waals surface area contributed by atoms with Crippen LogP contribution in [0.25, 0.3) is 22.4 Å². The third-order valence-corrected chi connectivity index (χ3v) is 3.68. The second-order valence-corrected chi connectivity index (χ2v) is 5.35. The van der Waals surface area contributed by atoms with Crippen molar-refractivity contribution in [1.82, 2.24) is 10.2 Å². The lowest BCUT2D eigenvalue weighted by atomic mass is 10.1. The molecule has 6 heteroatoms. The number of nitrogens with one attached hydrogen (secondary N) is 1. The van der Waals surface area contributed by atoms with Gasteiger partial charge in [0, 0.05) is 16.6 Å². The molecule has 0 saturated carbocycles. The summed E-state index contributed by atoms with van der Waals surface area (Å²) in [6.45, 7) is 1.86. The van der Waals surface area contributed by atoms with Crippen molar-refractivity contribution < 1.29 is 13.6 Å². The minimum Gasteiger partial charge on any atom is -0.461 e. The minimum atomic E-state index is -0.188. The Bertz CT molecular complexity index is 1000. The third-order valence-electron chi connectivity index (χ3n) is 3.68. The van der Waals surface area contributed by atoms with E-state index < -0.39 is 0 Å². The molecule has 0 fully saturated rings. The molecule has 1 amide bonds. The van der Waals surface area contributed by atoms with Crippen molar-refractivity contribution in [2.75, 3.05) is 5.32 Å². The number of benzene rings is 2. The van der Waals surface area contributed by atoms with Crippen LogP contribution < -0.4 is 5.32 Å². The highest BCUT2D eigenvalue weighted by atomic mass is 16.4. The first-order chi connectivity index (χ1) is 11.7. The van der Waals surface area contributed by atoms with E-state index >= 15 is 0 Å². The summed E-state index contributed by atoms with van der Waals surface area (Å²) < 4.78 is 10.7. The van der Waals surface area contributed by atoms with Crippen LogP contribution in [0.1, 0.15) is 16.1 Å². The highest BCUT2D eigenvalue weighted by Crippen LogP contribution is 2.24. The molecule has 1 N–H and O–H groups in total. The number of amides is 1. The zero-order valence-electron chi connectivity index (χ0n) is 12.8. The predicted octanol–water partition coefficient (Wildman–Crippen LogP) is 4.04. The van der Waals surface area contributed by atoms with E-state index in [0.717, 1.165) is 16.7 Å². The summed E-state index contributed by atoms with van der Waals surface area (Å²) in [6, 6.07) is 14.5. The number of anilines is 1. The molecule has 0 atom stereocenters. The van der Waals surface area contributed by atoms with Gasteiger partial charge >= 0.3 is 0 Å². The van der Waals surface area contributed by atoms with Crippen LogP contribution in [0.15, 0.2) is 63.8 Å². The van der Waals surface area contributed by atoms with Gasteiger partial charge in [-0.2, -0.15) is 0 Å². The molecule has 0 bridgehead atoms. The summed E-state index contributed by atoms with van der Waals surface area (Å²) in [5.41, 5.74) is 2.75. The maximum atomic E-state index is 12.6. The van der Waals surface area contributed by atoms with Gasteiger partial charge in [-0.1, -0.05) is 6.07 Å². The van der Waals surface area contributed by atoms with Gasteiger partial charge < -0.3 is 14.2 Å². The number of aromatic nitrogens is 2. The van der Waals surface area contributed by atoms with E-state index in [4.69, 9.17) is 8.83 Å². The third kappa shape index (κ3) is 2.54. The smallest absolute Gasteiger partial charge is 0.256 e. The lowest BCUT2D eigenvalue weighted by Crippen LogP contribution is -2.11. The Kier molecular flexibility index (Phi) is 3.35. The van der Waals surface area contributed by atoms with Gasteiger partial charge in [0.2, 0.25) is 12.3 Å². The fraction of sp³-hybridized carbons (Fsp3) is 0.0556. The van der Waals surface area contributed by atoms with Crippen LogP contribution in [0.2, 0.25) is 0 Å². The van der Waals surface area contributed by atoms with E-state index in [9.17, 15) is 4.79 Å². The second-order valence-electron chi connectivity index (χ2n) is 5.35. The largest absolute Gasteiger partial charge is 0.461 e. The molecule has 2 heterocycles. The Morgan fingerprint density at radius 1 is 1.12 bits per heavy atom. The van der Waals surface area contributed by atoms with E-state index in [0.29, 0.717) is 22.7 Å². The first kappa shape index (κ1) is 14.2. The van der Waals surface area contributed by atoms with Crippen LogP contribution in [-0.2, 0) is 0 Å². The SMILES string of the molecule is Cc1cc2c(C(=O)Nc3ccc(-c4nnco4)cc3)cccc2o1. The van der Waals surface area contributed by atoms with Crippen LogP contribution >= 0.6 is 0 Å². The van der Waals surface area contributed by atoms with Gasteiger partial charge in [-0.15, -0.1) is 10.2 Å². The molecular formula is C18H13N3O3. The maximum Gasteiger partial charge on any atom is 0.256 e. The second kappa shape index (κ2) is 5.66. The molecule has 2 aromatic carbocycles. The van der Waals surface area contributed by atoms with Crippen molar-refractivity contribution in [3.05, 3.63) is 66.2 Å². The molecule has 2 aromatic heterocycles. The van der Waals surface area contributed by atoms with E-state index in [1.54, 1.807) is 24.3 Å². The van der Waals surface area contributed by atoms with Crippen molar-refractivity contribution >= 4 is 22.6 Å². The number of nitrogens with zero attached hydrogens (tertiary/aromatic N) is 2. The van der Waals surface area contributed by atoms with E-state index in [1.165, 1.54) is 6.39 Å². The van der Waals surface area contributed by atoms with Crippen LogP contribution in [0, 0.1) is 6.92 Å². The Balaban J connectivity index is 1.59. The molecule has 0 spiro atoms. The van der Waals surface area contributed by atoms with Gasteiger partial charge in [-0.25, -0.2) is 0 Å². The van der Waals surface area contributed by atoms with Gasteiger partial charge in [-0.3, -0.25) is 4.79 Å². The van der Waals surface area contributed by atoms with Crippen molar-refractivity contribution in [3.8, 4) is 11.5 Å². The average molecular weight is 319 g/mol. The number of rotatable bonds is 3. The van der Waals surface area contributed by atoms with E-state index in [1.807, 2.05) is 31.2 Å². The molecule has 4 rings (SSSR count). The normalized spacial score (nSPS) is 10.9. The Labute approximate surface area is 137 Å². The Morgan fingerprint density at radius 3 is 2.71 bits per heavy atom. The fourth-order valence-corrected chi connectivity index (χ4v) is 2.58. The molecular weight excluding hydrogens is 306 g/mol. The molecule has 0 aliphatic rings. The summed E-state index contributed by atoms with van der Waals surface area (Å²) in [6.07, 6.45) is 1.28. The van der Waals surface area contributed by atoms with Crippen LogP contribution in [0.3, 0.4) is 0 Å². The van der Waals surface area contributed by atoms with Crippen LogP contribution in [0.5, 0.6) is 0 Å². The average Bonchev–Trinajstić information content (AvgIpc) is 3.23. The van der Waals surface area contributed by atoms with Crippen molar-refractivity contribution in [2.45, 2.75) is 6.92 Å². The maximum absolute atomic E-state index is 12.6. The molecule has 6 nitrogen and oxygen atoms in total. The minimum absolute atomic E-state index is 0.188. The fourth-order valence-electron chi connectivity index (χ4n) is 2.58. The first-order valence-corrected chi connectivity index (χ1v) is 7.38.